The van der Waals surface area contributed by atoms with Crippen molar-refractivity contribution in [2.24, 2.45) is 0 Å². The van der Waals surface area contributed by atoms with Crippen LogP contribution in [0.4, 0.5) is 5.69 Å². The highest BCUT2D eigenvalue weighted by molar-refractivity contribution is 7.95. The molecule has 0 aliphatic heterocycles. The Hall–Kier alpha value is -1.62. The predicted molar refractivity (Wildman–Crippen MR) is 71.4 cm³/mol. The summed E-state index contributed by atoms with van der Waals surface area (Å²) in [5.41, 5.74) is 0.141. The summed E-state index contributed by atoms with van der Waals surface area (Å²) >= 11 is 0. The zero-order chi connectivity index (χ0) is 15.4. The molecule has 11 heteroatoms. The van der Waals surface area contributed by atoms with Gasteiger partial charge in [-0.25, -0.2) is 16.8 Å². The summed E-state index contributed by atoms with van der Waals surface area (Å²) in [7, 11) is -5.93. The van der Waals surface area contributed by atoms with E-state index >= 15 is 0 Å². The molecule has 1 heterocycles. The van der Waals surface area contributed by atoms with E-state index in [-0.39, 0.29) is 12.2 Å². The maximum atomic E-state index is 11.6. The second-order valence-electron chi connectivity index (χ2n) is 4.05. The molecule has 0 aliphatic rings. The topological polar surface area (TPSA) is 124 Å². The first-order chi connectivity index (χ1) is 9.11. The fourth-order valence-electron chi connectivity index (χ4n) is 1.19. The third kappa shape index (κ3) is 6.02. The van der Waals surface area contributed by atoms with Gasteiger partial charge in [-0.1, -0.05) is 0 Å². The molecule has 0 unspecified atom stereocenters. The lowest BCUT2D eigenvalue weighted by atomic mass is 10.6. The normalized spacial score (nSPS) is 12.1. The summed E-state index contributed by atoms with van der Waals surface area (Å²) in [6, 6.07) is 0. The van der Waals surface area contributed by atoms with Crippen molar-refractivity contribution in [1.82, 2.24) is 9.78 Å². The number of nitrogens with one attached hydrogen (secondary N) is 1. The molecule has 0 atom stereocenters. The summed E-state index contributed by atoms with van der Waals surface area (Å²) in [5.74, 6) is -1.55. The Morgan fingerprint density at radius 3 is 2.55 bits per heavy atom. The second kappa shape index (κ2) is 6.22. The Morgan fingerprint density at radius 2 is 2.00 bits per heavy atom. The van der Waals surface area contributed by atoms with Crippen LogP contribution in [-0.2, 0) is 35.9 Å². The molecule has 0 radical (unpaired) electrons. The minimum Gasteiger partial charge on any atom is -0.468 e. The van der Waals surface area contributed by atoms with Crippen molar-refractivity contribution in [1.29, 1.82) is 0 Å². The molecule has 1 N–H and O–H groups in total. The zero-order valence-electron chi connectivity index (χ0n) is 10.9. The van der Waals surface area contributed by atoms with E-state index < -0.39 is 37.3 Å². The lowest BCUT2D eigenvalue weighted by Crippen LogP contribution is -2.22. The highest BCUT2D eigenvalue weighted by Gasteiger charge is 2.15. The number of aromatic nitrogens is 2. The van der Waals surface area contributed by atoms with E-state index in [1.165, 1.54) is 24.2 Å². The number of esters is 1. The van der Waals surface area contributed by atoms with E-state index in [4.69, 9.17) is 0 Å². The molecule has 114 valence electrons. The van der Waals surface area contributed by atoms with E-state index in [9.17, 15) is 21.6 Å². The van der Waals surface area contributed by atoms with Crippen LogP contribution in [0, 0.1) is 0 Å². The van der Waals surface area contributed by atoms with Crippen molar-refractivity contribution in [3.63, 3.8) is 0 Å². The van der Waals surface area contributed by atoms with Crippen molar-refractivity contribution >= 4 is 31.5 Å². The summed E-state index contributed by atoms with van der Waals surface area (Å²) in [4.78, 5) is 11.0. The van der Waals surface area contributed by atoms with Gasteiger partial charge in [-0.3, -0.25) is 14.2 Å². The van der Waals surface area contributed by atoms with Crippen LogP contribution in [0.3, 0.4) is 0 Å². The molecular weight excluding hydrogens is 310 g/mol. The standard InChI is InChI=1S/C9H15N3O6S2/c1-18-9(13)7-12-6-8(5-10-12)11-20(16,17)4-3-19(2,14)15/h5-6,11H,3-4,7H2,1-2H3. The number of carbonyl (C=O) groups excluding carboxylic acids is 1. The number of carbonyl (C=O) groups is 1. The molecular formula is C9H15N3O6S2. The second-order valence-corrected chi connectivity index (χ2v) is 8.16. The largest absolute Gasteiger partial charge is 0.468 e. The molecule has 0 fully saturated rings. The Morgan fingerprint density at radius 1 is 1.35 bits per heavy atom. The molecule has 0 amide bonds. The monoisotopic (exact) mass is 325 g/mol. The van der Waals surface area contributed by atoms with Crippen molar-refractivity contribution < 1.29 is 26.4 Å². The van der Waals surface area contributed by atoms with Gasteiger partial charge in [0.15, 0.2) is 0 Å². The van der Waals surface area contributed by atoms with Gasteiger partial charge in [-0.2, -0.15) is 5.10 Å². The molecule has 1 rings (SSSR count). The van der Waals surface area contributed by atoms with Crippen LogP contribution < -0.4 is 4.72 Å². The number of anilines is 1. The smallest absolute Gasteiger partial charge is 0.327 e. The first-order valence-electron chi connectivity index (χ1n) is 5.39. The van der Waals surface area contributed by atoms with Crippen molar-refractivity contribution in [3.05, 3.63) is 12.4 Å². The first-order valence-corrected chi connectivity index (χ1v) is 9.10. The average molecular weight is 325 g/mol. The molecule has 0 saturated heterocycles. The summed E-state index contributed by atoms with van der Waals surface area (Å²) in [6.07, 6.45) is 3.47. The van der Waals surface area contributed by atoms with Crippen LogP contribution in [0.25, 0.3) is 0 Å². The summed E-state index contributed by atoms with van der Waals surface area (Å²) in [5, 5.41) is 3.77. The minimum absolute atomic E-state index is 0.141. The highest BCUT2D eigenvalue weighted by Crippen LogP contribution is 2.08. The van der Waals surface area contributed by atoms with E-state index in [0.29, 0.717) is 0 Å². The van der Waals surface area contributed by atoms with Crippen LogP contribution in [-0.4, -0.2) is 57.5 Å². The quantitative estimate of drug-likeness (QED) is 0.627. The Balaban J connectivity index is 2.66. The van der Waals surface area contributed by atoms with E-state index in [2.05, 4.69) is 14.6 Å². The van der Waals surface area contributed by atoms with Gasteiger partial charge in [0.05, 0.1) is 30.5 Å². The van der Waals surface area contributed by atoms with Crippen molar-refractivity contribution in [3.8, 4) is 0 Å². The number of ether oxygens (including phenoxy) is 1. The van der Waals surface area contributed by atoms with Crippen LogP contribution in [0.15, 0.2) is 12.4 Å². The number of rotatable bonds is 7. The molecule has 0 spiro atoms. The molecule has 1 aromatic rings. The van der Waals surface area contributed by atoms with Gasteiger partial charge in [0.25, 0.3) is 0 Å². The van der Waals surface area contributed by atoms with Crippen LogP contribution in [0.2, 0.25) is 0 Å². The van der Waals surface area contributed by atoms with E-state index in [1.54, 1.807) is 0 Å². The lowest BCUT2D eigenvalue weighted by molar-refractivity contribution is -0.141. The van der Waals surface area contributed by atoms with Crippen LogP contribution in [0.5, 0.6) is 0 Å². The molecule has 1 aromatic heterocycles. The third-order valence-corrected chi connectivity index (χ3v) is 4.64. The number of nitrogens with zero attached hydrogens (tertiary/aromatic N) is 2. The molecule has 0 aromatic carbocycles. The Labute approximate surface area is 116 Å². The number of sulfonamides is 1. The van der Waals surface area contributed by atoms with Gasteiger partial charge in [0.2, 0.25) is 10.0 Å². The summed E-state index contributed by atoms with van der Waals surface area (Å²) < 4.78 is 52.9. The van der Waals surface area contributed by atoms with Gasteiger partial charge in [0.1, 0.15) is 16.4 Å². The van der Waals surface area contributed by atoms with Crippen molar-refractivity contribution in [2.45, 2.75) is 6.54 Å². The number of hydrogen-bond donors (Lipinski definition) is 1. The number of sulfone groups is 1. The number of hydrogen-bond acceptors (Lipinski definition) is 7. The van der Waals surface area contributed by atoms with Gasteiger partial charge < -0.3 is 4.74 Å². The highest BCUT2D eigenvalue weighted by atomic mass is 32.2. The first kappa shape index (κ1) is 16.4. The molecule has 0 saturated carbocycles. The maximum Gasteiger partial charge on any atom is 0.327 e. The predicted octanol–water partition coefficient (Wildman–Crippen LogP) is -1.16. The molecule has 0 aliphatic carbocycles. The van der Waals surface area contributed by atoms with E-state index in [0.717, 1.165) is 6.26 Å². The maximum absolute atomic E-state index is 11.6. The third-order valence-electron chi connectivity index (χ3n) is 2.15. The van der Waals surface area contributed by atoms with Gasteiger partial charge in [-0.15, -0.1) is 0 Å². The van der Waals surface area contributed by atoms with Gasteiger partial charge >= 0.3 is 5.97 Å². The molecule has 9 nitrogen and oxygen atoms in total. The van der Waals surface area contributed by atoms with E-state index in [1.807, 2.05) is 0 Å². The molecule has 20 heavy (non-hydrogen) atoms. The summed E-state index contributed by atoms with van der Waals surface area (Å²) in [6.45, 7) is -0.151. The van der Waals surface area contributed by atoms with Crippen LogP contribution in [0.1, 0.15) is 0 Å². The minimum atomic E-state index is -3.79. The zero-order valence-corrected chi connectivity index (χ0v) is 12.6. The Kier molecular flexibility index (Phi) is 5.11. The fraction of sp³-hybridized carbons (Fsp3) is 0.556. The average Bonchev–Trinajstić information content (AvgIpc) is 2.72. The Bertz CT molecular complexity index is 676. The molecule has 0 bridgehead atoms. The lowest BCUT2D eigenvalue weighted by Gasteiger charge is -2.04. The number of methoxy groups -OCH3 is 1. The fourth-order valence-corrected chi connectivity index (χ4v) is 3.85. The SMILES string of the molecule is COC(=O)Cn1cc(NS(=O)(=O)CCS(C)(=O)=O)cn1. The van der Waals surface area contributed by atoms with Gasteiger partial charge in [-0.05, 0) is 0 Å². The van der Waals surface area contributed by atoms with Crippen LogP contribution >= 0.6 is 0 Å². The van der Waals surface area contributed by atoms with Gasteiger partial charge in [0, 0.05) is 12.5 Å². The van der Waals surface area contributed by atoms with Crippen molar-refractivity contribution in [2.75, 3.05) is 29.6 Å².